The van der Waals surface area contributed by atoms with E-state index in [1.165, 1.54) is 6.92 Å². The minimum atomic E-state index is -0.214. The number of Topliss-reactive ketones (excluding diaryl/α,β-unsaturated/α-hetero) is 1. The van der Waals surface area contributed by atoms with Crippen LogP contribution in [0.3, 0.4) is 0 Å². The summed E-state index contributed by atoms with van der Waals surface area (Å²) in [4.78, 5) is 42.2. The molecule has 2 aromatic rings. The van der Waals surface area contributed by atoms with Crippen LogP contribution in [0.1, 0.15) is 53.6 Å². The fourth-order valence-electron chi connectivity index (χ4n) is 5.07. The van der Waals surface area contributed by atoms with Crippen LogP contribution >= 0.6 is 0 Å². The number of hydrogen-bond acceptors (Lipinski definition) is 10. The molecule has 2 amide bonds. The second-order valence-electron chi connectivity index (χ2n) is 11.2. The van der Waals surface area contributed by atoms with E-state index in [0.29, 0.717) is 101 Å². The largest absolute Gasteiger partial charge is 0.491 e. The van der Waals surface area contributed by atoms with Crippen LogP contribution in [-0.2, 0) is 33.3 Å². The molecule has 48 heavy (non-hydrogen) atoms. The Labute approximate surface area is 283 Å². The Balaban J connectivity index is 1.36. The summed E-state index contributed by atoms with van der Waals surface area (Å²) < 4.78 is 32.9. The molecule has 0 aliphatic carbocycles. The van der Waals surface area contributed by atoms with Gasteiger partial charge in [-0.25, -0.2) is 0 Å². The molecule has 1 aliphatic heterocycles. The molecule has 1 aromatic heterocycles. The lowest BCUT2D eigenvalue weighted by Gasteiger charge is -2.18. The molecule has 0 unspecified atom stereocenters. The Morgan fingerprint density at radius 2 is 1.44 bits per heavy atom. The highest BCUT2D eigenvalue weighted by atomic mass is 16.6. The topological polar surface area (TPSA) is 150 Å². The summed E-state index contributed by atoms with van der Waals surface area (Å²) in [6.07, 6.45) is 1.79. The number of carbonyl (C=O) groups is 3. The third-order valence-electron chi connectivity index (χ3n) is 7.66. The quantitative estimate of drug-likeness (QED) is 0.106. The molecule has 13 heteroatoms. The number of carbonyl (C=O) groups excluding carboxylic acids is 3. The number of anilines is 1. The molecule has 0 bridgehead atoms. The molecule has 13 nitrogen and oxygen atoms in total. The van der Waals surface area contributed by atoms with Crippen LogP contribution in [0.25, 0.3) is 11.6 Å². The molecule has 3 N–H and O–H groups in total. The standard InChI is InChI=1S/C35H52N4O9/c1-6-39(7-2)11-10-36-35(42)33-26(4)32(37-27(33)5)23-30-29-22-28(8-9-31(29)38-34(30)41)48-21-20-46-17-16-44-13-12-43-14-15-45-18-19-47-24-25(3)40/h8-9,22-23,37H,6-7,10-21,24H2,1-5H3,(H,36,42)(H,38,41)/b30-23-. The maximum absolute atomic E-state index is 13.0. The Hall–Kier alpha value is -3.59. The van der Waals surface area contributed by atoms with Gasteiger partial charge in [0.1, 0.15) is 19.0 Å². The van der Waals surface area contributed by atoms with E-state index in [4.69, 9.17) is 28.4 Å². The van der Waals surface area contributed by atoms with Crippen LogP contribution in [0.2, 0.25) is 0 Å². The lowest BCUT2D eigenvalue weighted by molar-refractivity contribution is -0.122. The number of benzene rings is 1. The lowest BCUT2D eigenvalue weighted by Crippen LogP contribution is -2.35. The van der Waals surface area contributed by atoms with Crippen molar-refractivity contribution in [3.05, 3.63) is 46.3 Å². The molecule has 1 aliphatic rings. The second-order valence-corrected chi connectivity index (χ2v) is 11.2. The van der Waals surface area contributed by atoms with Crippen molar-refractivity contribution in [3.8, 4) is 5.75 Å². The van der Waals surface area contributed by atoms with E-state index in [9.17, 15) is 14.4 Å². The van der Waals surface area contributed by atoms with E-state index in [0.717, 1.165) is 36.5 Å². The zero-order valence-corrected chi connectivity index (χ0v) is 29.0. The Kier molecular flexibility index (Phi) is 17.3. The maximum Gasteiger partial charge on any atom is 0.256 e. The smallest absolute Gasteiger partial charge is 0.256 e. The van der Waals surface area contributed by atoms with E-state index in [-0.39, 0.29) is 24.2 Å². The predicted octanol–water partition coefficient (Wildman–Crippen LogP) is 3.25. The first-order valence-corrected chi connectivity index (χ1v) is 16.6. The summed E-state index contributed by atoms with van der Waals surface area (Å²) >= 11 is 0. The molecule has 0 spiro atoms. The maximum atomic E-state index is 13.0. The zero-order valence-electron chi connectivity index (χ0n) is 29.0. The molecular weight excluding hydrogens is 620 g/mol. The van der Waals surface area contributed by atoms with Gasteiger partial charge in [-0.1, -0.05) is 13.8 Å². The number of H-pyrrole nitrogens is 1. The third-order valence-corrected chi connectivity index (χ3v) is 7.66. The summed E-state index contributed by atoms with van der Waals surface area (Å²) in [6.45, 7) is 17.0. The van der Waals surface area contributed by atoms with Crippen molar-refractivity contribution in [2.24, 2.45) is 0 Å². The summed E-state index contributed by atoms with van der Waals surface area (Å²) in [7, 11) is 0. The van der Waals surface area contributed by atoms with Crippen LogP contribution in [0.15, 0.2) is 18.2 Å². The highest BCUT2D eigenvalue weighted by Gasteiger charge is 2.26. The summed E-state index contributed by atoms with van der Waals surface area (Å²) in [5, 5.41) is 5.93. The number of ketones is 1. The molecule has 0 radical (unpaired) electrons. The second kappa shape index (κ2) is 21.4. The van der Waals surface area contributed by atoms with Gasteiger partial charge in [-0.2, -0.15) is 0 Å². The van der Waals surface area contributed by atoms with Gasteiger partial charge >= 0.3 is 0 Å². The Bertz CT molecular complexity index is 1350. The number of likely N-dealkylation sites (N-methyl/N-ethyl adjacent to an activating group) is 1. The van der Waals surface area contributed by atoms with Crippen LogP contribution in [-0.4, -0.2) is 126 Å². The van der Waals surface area contributed by atoms with Gasteiger partial charge in [-0.3, -0.25) is 14.4 Å². The van der Waals surface area contributed by atoms with Crippen LogP contribution in [0.4, 0.5) is 5.69 Å². The Morgan fingerprint density at radius 1 is 0.854 bits per heavy atom. The Morgan fingerprint density at radius 3 is 2.02 bits per heavy atom. The fraction of sp³-hybridized carbons (Fsp3) is 0.571. The van der Waals surface area contributed by atoms with Crippen LogP contribution in [0.5, 0.6) is 5.75 Å². The number of aromatic nitrogens is 1. The van der Waals surface area contributed by atoms with E-state index >= 15 is 0 Å². The number of nitrogens with one attached hydrogen (secondary N) is 3. The first kappa shape index (κ1) is 38.9. The van der Waals surface area contributed by atoms with Gasteiger partial charge in [-0.15, -0.1) is 0 Å². The highest BCUT2D eigenvalue weighted by molar-refractivity contribution is 6.35. The number of fused-ring (bicyclic) bond motifs is 1. The van der Waals surface area contributed by atoms with Crippen LogP contribution in [0, 0.1) is 13.8 Å². The SMILES string of the molecule is CCN(CC)CCNC(=O)c1c(C)[nH]c(/C=C2\C(=O)Nc3ccc(OCCOCCOCCOCCOCCOCC(C)=O)cc32)c1C. The molecule has 1 aromatic carbocycles. The predicted molar refractivity (Wildman–Crippen MR) is 184 cm³/mol. The molecular formula is C35H52N4O9. The summed E-state index contributed by atoms with van der Waals surface area (Å²) in [5.74, 6) is 0.269. The van der Waals surface area contributed by atoms with Gasteiger partial charge in [0.15, 0.2) is 5.78 Å². The van der Waals surface area contributed by atoms with E-state index < -0.39 is 0 Å². The first-order chi connectivity index (χ1) is 23.2. The first-order valence-electron chi connectivity index (χ1n) is 16.6. The minimum absolute atomic E-state index is 0.00722. The molecule has 0 atom stereocenters. The number of hydrogen-bond donors (Lipinski definition) is 3. The van der Waals surface area contributed by atoms with E-state index in [1.807, 2.05) is 32.0 Å². The van der Waals surface area contributed by atoms with Crippen molar-refractivity contribution < 1.29 is 42.8 Å². The van der Waals surface area contributed by atoms with Crippen LogP contribution < -0.4 is 15.4 Å². The number of nitrogens with zero attached hydrogens (tertiary/aromatic N) is 1. The third kappa shape index (κ3) is 12.8. The molecule has 0 fully saturated rings. The fourth-order valence-corrected chi connectivity index (χ4v) is 5.07. The normalized spacial score (nSPS) is 13.3. The average molecular weight is 673 g/mol. The monoisotopic (exact) mass is 672 g/mol. The number of ether oxygens (including phenoxy) is 6. The molecule has 3 rings (SSSR count). The van der Waals surface area contributed by atoms with E-state index in [2.05, 4.69) is 34.4 Å². The molecule has 0 saturated carbocycles. The molecule has 2 heterocycles. The van der Waals surface area contributed by atoms with Gasteiger partial charge in [0.25, 0.3) is 11.8 Å². The van der Waals surface area contributed by atoms with Crippen molar-refractivity contribution in [2.45, 2.75) is 34.6 Å². The number of amides is 2. The highest BCUT2D eigenvalue weighted by Crippen LogP contribution is 2.36. The number of aryl methyl sites for hydroxylation is 1. The zero-order chi connectivity index (χ0) is 34.7. The van der Waals surface area contributed by atoms with Gasteiger partial charge < -0.3 is 48.9 Å². The van der Waals surface area contributed by atoms with E-state index in [1.54, 1.807) is 6.08 Å². The molecule has 0 saturated heterocycles. The van der Waals surface area contributed by atoms with Gasteiger partial charge in [0.05, 0.1) is 70.6 Å². The van der Waals surface area contributed by atoms with Crippen molar-refractivity contribution in [3.63, 3.8) is 0 Å². The van der Waals surface area contributed by atoms with Crippen molar-refractivity contribution in [1.82, 2.24) is 15.2 Å². The van der Waals surface area contributed by atoms with Gasteiger partial charge in [0, 0.05) is 35.7 Å². The van der Waals surface area contributed by atoms with Crippen molar-refractivity contribution in [1.29, 1.82) is 0 Å². The lowest BCUT2D eigenvalue weighted by atomic mass is 10.0. The van der Waals surface area contributed by atoms with Gasteiger partial charge in [0.2, 0.25) is 0 Å². The number of rotatable bonds is 25. The number of aromatic amines is 1. The van der Waals surface area contributed by atoms with Gasteiger partial charge in [-0.05, 0) is 63.7 Å². The summed E-state index contributed by atoms with van der Waals surface area (Å²) in [6, 6.07) is 5.46. The molecule has 266 valence electrons. The average Bonchev–Trinajstić information content (AvgIpc) is 3.53. The van der Waals surface area contributed by atoms with Crippen molar-refractivity contribution >= 4 is 34.9 Å². The minimum Gasteiger partial charge on any atom is -0.491 e. The van der Waals surface area contributed by atoms with Crippen molar-refractivity contribution in [2.75, 3.05) is 104 Å². The summed E-state index contributed by atoms with van der Waals surface area (Å²) in [5.41, 5.74) is 4.78.